The molecule has 264 valence electrons. The Labute approximate surface area is 333 Å². The average molecular weight is 732 g/mol. The van der Waals surface area contributed by atoms with Gasteiger partial charge in [-0.05, 0) is 119 Å². The van der Waals surface area contributed by atoms with Crippen molar-refractivity contribution in [3.8, 4) is 44.5 Å². The highest BCUT2D eigenvalue weighted by Crippen LogP contribution is 2.46. The van der Waals surface area contributed by atoms with E-state index in [1.54, 1.807) is 0 Å². The van der Waals surface area contributed by atoms with E-state index in [4.69, 9.17) is 12.6 Å². The van der Waals surface area contributed by atoms with Gasteiger partial charge in [-0.2, -0.15) is 0 Å². The molecule has 0 N–H and O–H groups in total. The summed E-state index contributed by atoms with van der Waals surface area (Å²) in [5.41, 5.74) is 12.7. The number of rotatable bonds is 7. The van der Waals surface area contributed by atoms with Crippen molar-refractivity contribution < 1.29 is 0 Å². The van der Waals surface area contributed by atoms with Crippen LogP contribution >= 0.6 is 12.6 Å². The highest BCUT2D eigenvalue weighted by molar-refractivity contribution is 7.80. The molecule has 0 radical (unpaired) electrons. The van der Waals surface area contributed by atoms with Crippen molar-refractivity contribution in [1.29, 1.82) is 0 Å². The Morgan fingerprint density at radius 2 is 0.804 bits per heavy atom. The fourth-order valence-corrected chi connectivity index (χ4v) is 8.62. The molecule has 10 aromatic carbocycles. The summed E-state index contributed by atoms with van der Waals surface area (Å²) < 4.78 is 0. The molecule has 0 bridgehead atoms. The van der Waals surface area contributed by atoms with Crippen LogP contribution in [0.1, 0.15) is 0 Å². The van der Waals surface area contributed by atoms with Crippen molar-refractivity contribution in [1.82, 2.24) is 0 Å². The predicted molar refractivity (Wildman–Crippen MR) is 243 cm³/mol. The Kier molecular flexibility index (Phi) is 8.67. The van der Waals surface area contributed by atoms with Crippen LogP contribution in [-0.2, 0) is 0 Å². The van der Waals surface area contributed by atoms with E-state index in [-0.39, 0.29) is 0 Å². The molecule has 0 saturated heterocycles. The number of benzene rings is 10. The van der Waals surface area contributed by atoms with E-state index < -0.39 is 0 Å². The number of hydrogen-bond donors (Lipinski definition) is 1. The Morgan fingerprint density at radius 3 is 1.52 bits per heavy atom. The first-order chi connectivity index (χ1) is 27.7. The number of thiol groups is 1. The van der Waals surface area contributed by atoms with Gasteiger partial charge in [0.1, 0.15) is 0 Å². The Bertz CT molecular complexity index is 3030. The lowest BCUT2D eigenvalue weighted by molar-refractivity contribution is 1.27. The number of hydrogen-bond acceptors (Lipinski definition) is 2. The van der Waals surface area contributed by atoms with Gasteiger partial charge in [0, 0.05) is 22.0 Å². The zero-order chi connectivity index (χ0) is 37.4. The lowest BCUT2D eigenvalue weighted by Gasteiger charge is -2.27. The lowest BCUT2D eigenvalue weighted by atomic mass is 9.84. The molecule has 56 heavy (non-hydrogen) atoms. The maximum absolute atomic E-state index is 5.04. The van der Waals surface area contributed by atoms with E-state index in [0.29, 0.717) is 0 Å². The van der Waals surface area contributed by atoms with Gasteiger partial charge >= 0.3 is 0 Å². The highest BCUT2D eigenvalue weighted by Gasteiger charge is 2.20. The average Bonchev–Trinajstić information content (AvgIpc) is 3.27. The monoisotopic (exact) mass is 731 g/mol. The SMILES string of the molecule is Sc1cc(N(c2cccc(-c3ccc4c(c3)c(-c3ccccc3)c(-c3ccccc3)c3ccccc34)c2)c2ccc3ccccc3c2)ccc1-c1ccccc1. The molecule has 0 aliphatic carbocycles. The van der Waals surface area contributed by atoms with Crippen molar-refractivity contribution in [2.75, 3.05) is 4.90 Å². The van der Waals surface area contributed by atoms with Crippen LogP contribution in [0.15, 0.2) is 223 Å². The molecule has 0 unspecified atom stereocenters. The van der Waals surface area contributed by atoms with E-state index in [0.717, 1.165) is 38.6 Å². The van der Waals surface area contributed by atoms with E-state index >= 15 is 0 Å². The summed E-state index contributed by atoms with van der Waals surface area (Å²) in [5, 5.41) is 7.41. The standard InChI is InChI=1S/C54H37NS/c56-52-36-46(30-32-47(52)38-16-4-1-5-17-38)55(45-29-27-37-15-10-11-22-41(37)33-45)44-24-14-23-42(34-44)43-28-31-49-48-25-12-13-26-50(48)53(39-18-6-2-7-19-39)54(51(49)35-43)40-20-8-3-9-21-40/h1-36,56H. The normalized spacial score (nSPS) is 11.3. The zero-order valence-corrected chi connectivity index (χ0v) is 31.6. The number of nitrogens with zero attached hydrogens (tertiary/aromatic N) is 1. The van der Waals surface area contributed by atoms with E-state index in [9.17, 15) is 0 Å². The second-order valence-electron chi connectivity index (χ2n) is 14.3. The van der Waals surface area contributed by atoms with Crippen LogP contribution in [0.4, 0.5) is 17.1 Å². The van der Waals surface area contributed by atoms with Gasteiger partial charge in [-0.25, -0.2) is 0 Å². The summed E-state index contributed by atoms with van der Waals surface area (Å²) in [4.78, 5) is 3.28. The molecule has 1 nitrogen and oxygen atoms in total. The smallest absolute Gasteiger partial charge is 0.0473 e. The molecule has 0 spiro atoms. The van der Waals surface area contributed by atoms with Gasteiger partial charge in [0.2, 0.25) is 0 Å². The van der Waals surface area contributed by atoms with Crippen LogP contribution in [0.2, 0.25) is 0 Å². The van der Waals surface area contributed by atoms with E-state index in [1.807, 2.05) is 6.07 Å². The summed E-state index contributed by atoms with van der Waals surface area (Å²) in [6, 6.07) is 78.8. The molecule has 0 fully saturated rings. The Morgan fingerprint density at radius 1 is 0.286 bits per heavy atom. The second kappa shape index (κ2) is 14.4. The summed E-state index contributed by atoms with van der Waals surface area (Å²) in [7, 11) is 0. The fraction of sp³-hybridized carbons (Fsp3) is 0. The summed E-state index contributed by atoms with van der Waals surface area (Å²) in [6.07, 6.45) is 0. The summed E-state index contributed by atoms with van der Waals surface area (Å²) >= 11 is 5.04. The molecule has 0 amide bonds. The minimum absolute atomic E-state index is 0.931. The van der Waals surface area contributed by atoms with Crippen LogP contribution < -0.4 is 4.90 Å². The van der Waals surface area contributed by atoms with Gasteiger partial charge in [-0.15, -0.1) is 12.6 Å². The molecule has 0 heterocycles. The molecule has 0 atom stereocenters. The molecular formula is C54H37NS. The van der Waals surface area contributed by atoms with E-state index in [1.165, 1.54) is 60.1 Å². The minimum Gasteiger partial charge on any atom is -0.310 e. The van der Waals surface area contributed by atoms with Gasteiger partial charge in [0.05, 0.1) is 0 Å². The maximum atomic E-state index is 5.04. The minimum atomic E-state index is 0.931. The third-order valence-corrected chi connectivity index (χ3v) is 11.3. The van der Waals surface area contributed by atoms with Crippen LogP contribution in [0.25, 0.3) is 76.8 Å². The first-order valence-electron chi connectivity index (χ1n) is 19.1. The molecule has 0 aliphatic heterocycles. The Balaban J connectivity index is 1.17. The first kappa shape index (κ1) is 33.7. The third kappa shape index (κ3) is 6.11. The maximum Gasteiger partial charge on any atom is 0.0473 e. The van der Waals surface area contributed by atoms with Crippen molar-refractivity contribution in [3.63, 3.8) is 0 Å². The van der Waals surface area contributed by atoms with Gasteiger partial charge in [-0.3, -0.25) is 0 Å². The molecular weight excluding hydrogens is 695 g/mol. The molecule has 10 aromatic rings. The Hall–Kier alpha value is -6.87. The van der Waals surface area contributed by atoms with Crippen molar-refractivity contribution >= 4 is 62.0 Å². The van der Waals surface area contributed by atoms with Gasteiger partial charge in [0.25, 0.3) is 0 Å². The highest BCUT2D eigenvalue weighted by atomic mass is 32.1. The van der Waals surface area contributed by atoms with Gasteiger partial charge in [0.15, 0.2) is 0 Å². The molecule has 2 heteroatoms. The van der Waals surface area contributed by atoms with Crippen molar-refractivity contribution in [2.45, 2.75) is 4.90 Å². The topological polar surface area (TPSA) is 3.24 Å². The van der Waals surface area contributed by atoms with Crippen LogP contribution in [0.3, 0.4) is 0 Å². The van der Waals surface area contributed by atoms with Crippen molar-refractivity contribution in [3.05, 3.63) is 218 Å². The molecule has 0 saturated carbocycles. The summed E-state index contributed by atoms with van der Waals surface area (Å²) in [5.74, 6) is 0. The van der Waals surface area contributed by atoms with Crippen LogP contribution in [0.5, 0.6) is 0 Å². The number of fused-ring (bicyclic) bond motifs is 4. The van der Waals surface area contributed by atoms with Crippen LogP contribution in [-0.4, -0.2) is 0 Å². The van der Waals surface area contributed by atoms with Gasteiger partial charge < -0.3 is 4.90 Å². The quantitative estimate of drug-likeness (QED) is 0.126. The predicted octanol–water partition coefficient (Wildman–Crippen LogP) is 15.6. The molecule has 0 aromatic heterocycles. The molecule has 10 rings (SSSR count). The summed E-state index contributed by atoms with van der Waals surface area (Å²) in [6.45, 7) is 0. The second-order valence-corrected chi connectivity index (χ2v) is 14.8. The fourth-order valence-electron chi connectivity index (χ4n) is 8.29. The zero-order valence-electron chi connectivity index (χ0n) is 30.7. The number of anilines is 3. The van der Waals surface area contributed by atoms with E-state index in [2.05, 4.69) is 217 Å². The lowest BCUT2D eigenvalue weighted by Crippen LogP contribution is -2.10. The largest absolute Gasteiger partial charge is 0.310 e. The van der Waals surface area contributed by atoms with Crippen LogP contribution in [0, 0.1) is 0 Å². The molecule has 0 aliphatic rings. The van der Waals surface area contributed by atoms with Crippen molar-refractivity contribution in [2.24, 2.45) is 0 Å². The third-order valence-electron chi connectivity index (χ3n) is 10.9. The van der Waals surface area contributed by atoms with Gasteiger partial charge in [-0.1, -0.05) is 176 Å². The first-order valence-corrected chi connectivity index (χ1v) is 19.5.